The number of amides is 2. The van der Waals surface area contributed by atoms with E-state index in [0.717, 1.165) is 5.56 Å². The van der Waals surface area contributed by atoms with E-state index in [-0.39, 0.29) is 10.1 Å². The molecular weight excluding hydrogens is 291 g/mol. The van der Waals surface area contributed by atoms with Crippen molar-refractivity contribution in [3.8, 4) is 0 Å². The van der Waals surface area contributed by atoms with Gasteiger partial charge in [0.05, 0.1) is 0 Å². The third-order valence-electron chi connectivity index (χ3n) is 2.40. The van der Waals surface area contributed by atoms with Crippen molar-refractivity contribution >= 4 is 35.2 Å². The first kappa shape index (κ1) is 13.7. The molecule has 1 aromatic rings. The van der Waals surface area contributed by atoms with Gasteiger partial charge in [0.15, 0.2) is 0 Å². The van der Waals surface area contributed by atoms with Gasteiger partial charge in [-0.05, 0) is 5.56 Å². The minimum atomic E-state index is -1.03. The minimum Gasteiger partial charge on any atom is -0.432 e. The van der Waals surface area contributed by atoms with Gasteiger partial charge in [0, 0.05) is 6.54 Å². The summed E-state index contributed by atoms with van der Waals surface area (Å²) in [6.07, 6.45) is -1.03. The van der Waals surface area contributed by atoms with Gasteiger partial charge < -0.3 is 10.1 Å². The number of cyclic esters (lactones) is 1. The molecule has 2 rings (SSSR count). The Morgan fingerprint density at radius 2 is 1.95 bits per heavy atom. The van der Waals surface area contributed by atoms with E-state index in [2.05, 4.69) is 10.6 Å². The van der Waals surface area contributed by atoms with Crippen molar-refractivity contribution < 1.29 is 14.3 Å². The van der Waals surface area contributed by atoms with E-state index in [1.165, 1.54) is 0 Å². The Morgan fingerprint density at radius 1 is 1.26 bits per heavy atom. The molecule has 1 heterocycles. The van der Waals surface area contributed by atoms with Crippen LogP contribution in [0.2, 0.25) is 0 Å². The van der Waals surface area contributed by atoms with Gasteiger partial charge in [0.1, 0.15) is 10.1 Å². The van der Waals surface area contributed by atoms with Crippen molar-refractivity contribution in [1.29, 1.82) is 0 Å². The van der Waals surface area contributed by atoms with Crippen LogP contribution in [0.5, 0.6) is 0 Å². The zero-order valence-electron chi connectivity index (χ0n) is 9.65. The molecule has 7 heteroatoms. The quantitative estimate of drug-likeness (QED) is 0.840. The smallest absolute Gasteiger partial charge is 0.353 e. The number of rotatable bonds is 3. The Bertz CT molecular complexity index is 531. The molecule has 1 aliphatic rings. The van der Waals surface area contributed by atoms with E-state index in [9.17, 15) is 9.59 Å². The van der Waals surface area contributed by atoms with Crippen LogP contribution in [-0.4, -0.2) is 18.2 Å². The van der Waals surface area contributed by atoms with Gasteiger partial charge >= 0.3 is 12.0 Å². The van der Waals surface area contributed by atoms with E-state index in [4.69, 9.17) is 27.9 Å². The van der Waals surface area contributed by atoms with Gasteiger partial charge in [-0.3, -0.25) is 5.32 Å². The van der Waals surface area contributed by atoms with E-state index in [1.54, 1.807) is 0 Å². The summed E-state index contributed by atoms with van der Waals surface area (Å²) in [5.41, 5.74) is 0.945. The fourth-order valence-corrected chi connectivity index (χ4v) is 1.78. The topological polar surface area (TPSA) is 67.4 Å². The maximum atomic E-state index is 11.6. The third-order valence-corrected chi connectivity index (χ3v) is 3.24. The number of carbonyl (C=O) groups excluding carboxylic acids is 2. The average molecular weight is 301 g/mol. The molecule has 0 fully saturated rings. The maximum absolute atomic E-state index is 11.6. The molecule has 2 amide bonds. The van der Waals surface area contributed by atoms with Gasteiger partial charge in [-0.25, -0.2) is 9.59 Å². The zero-order valence-corrected chi connectivity index (χ0v) is 11.2. The van der Waals surface area contributed by atoms with Crippen LogP contribution in [-0.2, 0) is 16.1 Å². The van der Waals surface area contributed by atoms with Crippen molar-refractivity contribution in [2.24, 2.45) is 0 Å². The summed E-state index contributed by atoms with van der Waals surface area (Å²) in [5, 5.41) is 4.76. The molecule has 19 heavy (non-hydrogen) atoms. The van der Waals surface area contributed by atoms with Crippen LogP contribution in [0.25, 0.3) is 0 Å². The average Bonchev–Trinajstić information content (AvgIpc) is 2.65. The highest BCUT2D eigenvalue weighted by molar-refractivity contribution is 6.48. The van der Waals surface area contributed by atoms with E-state index >= 15 is 0 Å². The lowest BCUT2D eigenvalue weighted by Gasteiger charge is -2.13. The number of ether oxygens (including phenoxy) is 1. The van der Waals surface area contributed by atoms with E-state index < -0.39 is 18.2 Å². The van der Waals surface area contributed by atoms with Crippen LogP contribution in [0.3, 0.4) is 0 Å². The molecule has 0 saturated heterocycles. The molecule has 0 aromatic heterocycles. The van der Waals surface area contributed by atoms with Crippen LogP contribution >= 0.6 is 23.2 Å². The molecule has 0 unspecified atom stereocenters. The molecule has 2 N–H and O–H groups in total. The Hall–Kier alpha value is -1.72. The van der Waals surface area contributed by atoms with Crippen LogP contribution in [0.1, 0.15) is 5.56 Å². The maximum Gasteiger partial charge on any atom is 0.353 e. The molecule has 0 saturated carbocycles. The van der Waals surface area contributed by atoms with Gasteiger partial charge in [0.25, 0.3) is 0 Å². The molecule has 5 nitrogen and oxygen atoms in total. The summed E-state index contributed by atoms with van der Waals surface area (Å²) < 4.78 is 4.76. The summed E-state index contributed by atoms with van der Waals surface area (Å²) in [7, 11) is 0. The van der Waals surface area contributed by atoms with Gasteiger partial charge in [-0.15, -0.1) is 0 Å². The number of hydrogen-bond acceptors (Lipinski definition) is 3. The summed E-state index contributed by atoms with van der Waals surface area (Å²) in [5.74, 6) is -0.750. The molecule has 1 atom stereocenters. The summed E-state index contributed by atoms with van der Waals surface area (Å²) in [6, 6.07) is 8.86. The first-order chi connectivity index (χ1) is 9.08. The molecular formula is C12H10Cl2N2O3. The number of benzene rings is 1. The van der Waals surface area contributed by atoms with Crippen LogP contribution < -0.4 is 10.6 Å². The second kappa shape index (κ2) is 5.95. The Balaban J connectivity index is 1.84. The lowest BCUT2D eigenvalue weighted by atomic mass is 10.2. The first-order valence-corrected chi connectivity index (χ1v) is 6.18. The number of urea groups is 1. The largest absolute Gasteiger partial charge is 0.432 e. The second-order valence-corrected chi connectivity index (χ2v) is 4.55. The number of esters is 1. The summed E-state index contributed by atoms with van der Waals surface area (Å²) in [4.78, 5) is 22.7. The minimum absolute atomic E-state index is 0.0264. The van der Waals surface area contributed by atoms with Crippen LogP contribution in [0.15, 0.2) is 40.4 Å². The Morgan fingerprint density at radius 3 is 2.53 bits per heavy atom. The molecule has 0 aliphatic carbocycles. The standard InChI is InChI=1S/C12H10Cl2N2O3/c13-8-9(14)11(17)19-10(8)16-12(18)15-6-7-4-2-1-3-5-7/h1-5,10H,6H2,(H2,15,16,18)/t10-/m0/s1. The van der Waals surface area contributed by atoms with E-state index in [1.807, 2.05) is 30.3 Å². The van der Waals surface area contributed by atoms with E-state index in [0.29, 0.717) is 6.54 Å². The predicted molar refractivity (Wildman–Crippen MR) is 70.4 cm³/mol. The lowest BCUT2D eigenvalue weighted by molar-refractivity contribution is -0.139. The molecule has 1 aliphatic heterocycles. The number of hydrogen-bond donors (Lipinski definition) is 2. The monoisotopic (exact) mass is 300 g/mol. The molecule has 1 aromatic carbocycles. The third kappa shape index (κ3) is 3.39. The lowest BCUT2D eigenvalue weighted by Crippen LogP contribution is -2.42. The van der Waals surface area contributed by atoms with Crippen LogP contribution in [0.4, 0.5) is 4.79 Å². The number of carbonyl (C=O) groups is 2. The summed E-state index contributed by atoms with van der Waals surface area (Å²) >= 11 is 11.3. The highest BCUT2D eigenvalue weighted by Crippen LogP contribution is 2.26. The number of nitrogens with one attached hydrogen (secondary N) is 2. The number of halogens is 2. The van der Waals surface area contributed by atoms with Crippen molar-refractivity contribution in [1.82, 2.24) is 10.6 Å². The fourth-order valence-electron chi connectivity index (χ4n) is 1.46. The predicted octanol–water partition coefficient (Wildman–Crippen LogP) is 2.06. The van der Waals surface area contributed by atoms with Crippen LogP contribution in [0, 0.1) is 0 Å². The normalized spacial score (nSPS) is 18.2. The Labute approximate surface area is 119 Å². The SMILES string of the molecule is O=C(NCc1ccccc1)N[C@H]1OC(=O)C(Cl)=C1Cl. The Kier molecular flexibility index (Phi) is 4.29. The van der Waals surface area contributed by atoms with Crippen molar-refractivity contribution in [3.05, 3.63) is 46.0 Å². The molecule has 0 bridgehead atoms. The van der Waals surface area contributed by atoms with Gasteiger partial charge in [-0.1, -0.05) is 53.5 Å². The fraction of sp³-hybridized carbons (Fsp3) is 0.167. The van der Waals surface area contributed by atoms with Crippen molar-refractivity contribution in [2.75, 3.05) is 0 Å². The van der Waals surface area contributed by atoms with Gasteiger partial charge in [0.2, 0.25) is 6.23 Å². The van der Waals surface area contributed by atoms with Crippen molar-refractivity contribution in [2.45, 2.75) is 12.8 Å². The zero-order chi connectivity index (χ0) is 13.8. The van der Waals surface area contributed by atoms with Crippen molar-refractivity contribution in [3.63, 3.8) is 0 Å². The highest BCUT2D eigenvalue weighted by atomic mass is 35.5. The first-order valence-electron chi connectivity index (χ1n) is 5.42. The highest BCUT2D eigenvalue weighted by Gasteiger charge is 2.33. The molecule has 100 valence electrons. The second-order valence-electron chi connectivity index (χ2n) is 3.76. The summed E-state index contributed by atoms with van der Waals surface area (Å²) in [6.45, 7) is 0.350. The molecule has 0 radical (unpaired) electrons. The van der Waals surface area contributed by atoms with Gasteiger partial charge in [-0.2, -0.15) is 0 Å². The molecule has 0 spiro atoms.